The van der Waals surface area contributed by atoms with Gasteiger partial charge in [-0.1, -0.05) is 19.8 Å². The van der Waals surface area contributed by atoms with E-state index in [1.807, 2.05) is 0 Å². The molecule has 0 radical (unpaired) electrons. The summed E-state index contributed by atoms with van der Waals surface area (Å²) in [5.41, 5.74) is 0.359. The summed E-state index contributed by atoms with van der Waals surface area (Å²) in [5.74, 6) is -1.08. The highest BCUT2D eigenvalue weighted by molar-refractivity contribution is 5.89. The Bertz CT molecular complexity index is 487. The summed E-state index contributed by atoms with van der Waals surface area (Å²) < 4.78 is 1.60. The SMILES string of the molecule is CCc1c([N+](=O)[O-])cn(C2CCCC2)c1C(=O)O. The molecule has 1 aliphatic carbocycles. The Balaban J connectivity index is 2.56. The summed E-state index contributed by atoms with van der Waals surface area (Å²) in [6, 6.07) is 0.0927. The number of nitrogens with zero attached hydrogens (tertiary/aromatic N) is 2. The Labute approximate surface area is 104 Å². The normalized spacial score (nSPS) is 16.1. The smallest absolute Gasteiger partial charge is 0.353 e. The summed E-state index contributed by atoms with van der Waals surface area (Å²) >= 11 is 0. The third kappa shape index (κ3) is 1.98. The zero-order valence-electron chi connectivity index (χ0n) is 10.3. The molecule has 1 fully saturated rings. The van der Waals surface area contributed by atoms with E-state index in [2.05, 4.69) is 0 Å². The lowest BCUT2D eigenvalue weighted by Crippen LogP contribution is -2.13. The van der Waals surface area contributed by atoms with E-state index in [1.165, 1.54) is 6.20 Å². The highest BCUT2D eigenvalue weighted by Crippen LogP contribution is 2.35. The number of nitro groups is 1. The van der Waals surface area contributed by atoms with Gasteiger partial charge in [0.1, 0.15) is 5.69 Å². The van der Waals surface area contributed by atoms with Crippen LogP contribution in [0.5, 0.6) is 0 Å². The first-order valence-corrected chi connectivity index (χ1v) is 6.17. The van der Waals surface area contributed by atoms with Crippen molar-refractivity contribution in [1.82, 2.24) is 4.57 Å². The number of carboxylic acids is 1. The van der Waals surface area contributed by atoms with Gasteiger partial charge in [0.15, 0.2) is 0 Å². The first-order valence-electron chi connectivity index (χ1n) is 6.17. The van der Waals surface area contributed by atoms with Gasteiger partial charge in [-0.15, -0.1) is 0 Å². The molecule has 1 saturated carbocycles. The molecule has 0 spiro atoms. The molecule has 1 aromatic heterocycles. The fourth-order valence-electron chi connectivity index (χ4n) is 2.77. The fourth-order valence-corrected chi connectivity index (χ4v) is 2.77. The Morgan fingerprint density at radius 3 is 2.61 bits per heavy atom. The summed E-state index contributed by atoms with van der Waals surface area (Å²) in [5, 5.41) is 20.3. The Morgan fingerprint density at radius 2 is 2.17 bits per heavy atom. The lowest BCUT2D eigenvalue weighted by atomic mass is 10.1. The van der Waals surface area contributed by atoms with Gasteiger partial charge < -0.3 is 9.67 Å². The van der Waals surface area contributed by atoms with Gasteiger partial charge in [0, 0.05) is 6.04 Å². The lowest BCUT2D eigenvalue weighted by Gasteiger charge is -2.13. The molecule has 98 valence electrons. The van der Waals surface area contributed by atoms with Crippen molar-refractivity contribution in [2.45, 2.75) is 45.1 Å². The molecule has 0 aromatic carbocycles. The van der Waals surface area contributed by atoms with E-state index in [-0.39, 0.29) is 17.4 Å². The van der Waals surface area contributed by atoms with Crippen molar-refractivity contribution in [3.63, 3.8) is 0 Å². The van der Waals surface area contributed by atoms with Crippen LogP contribution in [0.25, 0.3) is 0 Å². The molecule has 2 rings (SSSR count). The second kappa shape index (κ2) is 4.80. The van der Waals surface area contributed by atoms with Gasteiger partial charge in [0.05, 0.1) is 16.7 Å². The van der Waals surface area contributed by atoms with Crippen LogP contribution in [0, 0.1) is 10.1 Å². The van der Waals surface area contributed by atoms with E-state index < -0.39 is 10.9 Å². The standard InChI is InChI=1S/C12H16N2O4/c1-2-9-10(14(17)18)7-13(11(9)12(15)16)8-5-3-4-6-8/h7-8H,2-6H2,1H3,(H,15,16). The van der Waals surface area contributed by atoms with E-state index in [0.29, 0.717) is 12.0 Å². The molecular formula is C12H16N2O4. The van der Waals surface area contributed by atoms with E-state index in [0.717, 1.165) is 25.7 Å². The minimum atomic E-state index is -1.08. The monoisotopic (exact) mass is 252 g/mol. The van der Waals surface area contributed by atoms with Crippen LogP contribution in [-0.2, 0) is 6.42 Å². The molecule has 1 N–H and O–H groups in total. The van der Waals surface area contributed by atoms with Crippen LogP contribution < -0.4 is 0 Å². The van der Waals surface area contributed by atoms with Crippen LogP contribution in [0.4, 0.5) is 5.69 Å². The van der Waals surface area contributed by atoms with Crippen molar-refractivity contribution in [3.8, 4) is 0 Å². The van der Waals surface area contributed by atoms with Crippen molar-refractivity contribution in [2.24, 2.45) is 0 Å². The third-order valence-corrected chi connectivity index (χ3v) is 3.59. The topological polar surface area (TPSA) is 85.4 Å². The summed E-state index contributed by atoms with van der Waals surface area (Å²) in [6.45, 7) is 1.74. The summed E-state index contributed by atoms with van der Waals surface area (Å²) in [6.07, 6.45) is 5.66. The number of hydrogen-bond donors (Lipinski definition) is 1. The molecule has 0 unspecified atom stereocenters. The van der Waals surface area contributed by atoms with E-state index in [4.69, 9.17) is 0 Å². The largest absolute Gasteiger partial charge is 0.477 e. The van der Waals surface area contributed by atoms with Crippen LogP contribution in [0.1, 0.15) is 54.7 Å². The molecule has 1 aromatic rings. The average Bonchev–Trinajstić information content (AvgIpc) is 2.94. The Hall–Kier alpha value is -1.85. The Morgan fingerprint density at radius 1 is 1.56 bits per heavy atom. The highest BCUT2D eigenvalue weighted by Gasteiger charge is 2.30. The molecule has 0 bridgehead atoms. The van der Waals surface area contributed by atoms with Gasteiger partial charge >= 0.3 is 5.97 Å². The number of aromatic nitrogens is 1. The van der Waals surface area contributed by atoms with E-state index >= 15 is 0 Å². The van der Waals surface area contributed by atoms with Gasteiger partial charge in [-0.2, -0.15) is 0 Å². The lowest BCUT2D eigenvalue weighted by molar-refractivity contribution is -0.385. The predicted octanol–water partition coefficient (Wildman–Crippen LogP) is 2.77. The van der Waals surface area contributed by atoms with Gasteiger partial charge in [-0.3, -0.25) is 10.1 Å². The molecule has 0 aliphatic heterocycles. The van der Waals surface area contributed by atoms with Crippen molar-refractivity contribution >= 4 is 11.7 Å². The quantitative estimate of drug-likeness (QED) is 0.659. The zero-order valence-corrected chi connectivity index (χ0v) is 10.3. The number of carbonyl (C=O) groups is 1. The number of hydrogen-bond acceptors (Lipinski definition) is 3. The van der Waals surface area contributed by atoms with Gasteiger partial charge in [-0.25, -0.2) is 4.79 Å². The van der Waals surface area contributed by atoms with Gasteiger partial charge in [-0.05, 0) is 19.3 Å². The number of carboxylic acid groups (broad SMARTS) is 1. The van der Waals surface area contributed by atoms with Gasteiger partial charge in [0.2, 0.25) is 0 Å². The molecule has 6 heteroatoms. The van der Waals surface area contributed by atoms with Crippen LogP contribution in [0.15, 0.2) is 6.20 Å². The predicted molar refractivity (Wildman–Crippen MR) is 64.9 cm³/mol. The molecule has 0 saturated heterocycles. The van der Waals surface area contributed by atoms with Crippen molar-refractivity contribution in [2.75, 3.05) is 0 Å². The van der Waals surface area contributed by atoms with Crippen LogP contribution >= 0.6 is 0 Å². The molecule has 0 atom stereocenters. The van der Waals surface area contributed by atoms with Crippen LogP contribution in [0.2, 0.25) is 0 Å². The molecule has 1 heterocycles. The van der Waals surface area contributed by atoms with Crippen molar-refractivity contribution < 1.29 is 14.8 Å². The minimum absolute atomic E-state index is 0.0678. The van der Waals surface area contributed by atoms with Crippen LogP contribution in [-0.4, -0.2) is 20.6 Å². The van der Waals surface area contributed by atoms with Crippen LogP contribution in [0.3, 0.4) is 0 Å². The second-order valence-electron chi connectivity index (χ2n) is 4.60. The summed E-state index contributed by atoms with van der Waals surface area (Å²) in [4.78, 5) is 21.8. The maximum Gasteiger partial charge on any atom is 0.353 e. The van der Waals surface area contributed by atoms with Crippen molar-refractivity contribution in [3.05, 3.63) is 27.6 Å². The number of aromatic carboxylic acids is 1. The van der Waals surface area contributed by atoms with Crippen molar-refractivity contribution in [1.29, 1.82) is 0 Å². The average molecular weight is 252 g/mol. The number of rotatable bonds is 4. The summed E-state index contributed by atoms with van der Waals surface area (Å²) in [7, 11) is 0. The fraction of sp³-hybridized carbons (Fsp3) is 0.583. The zero-order chi connectivity index (χ0) is 13.3. The third-order valence-electron chi connectivity index (χ3n) is 3.59. The highest BCUT2D eigenvalue weighted by atomic mass is 16.6. The first kappa shape index (κ1) is 12.6. The minimum Gasteiger partial charge on any atom is -0.477 e. The molecule has 0 amide bonds. The maximum atomic E-state index is 11.4. The maximum absolute atomic E-state index is 11.4. The van der Waals surface area contributed by atoms with E-state index in [1.54, 1.807) is 11.5 Å². The molecule has 1 aliphatic rings. The molecular weight excluding hydrogens is 236 g/mol. The van der Waals surface area contributed by atoms with E-state index in [9.17, 15) is 20.0 Å². The molecule has 6 nitrogen and oxygen atoms in total. The first-order chi connectivity index (χ1) is 8.56. The van der Waals surface area contributed by atoms with Gasteiger partial charge in [0.25, 0.3) is 5.69 Å². The Kier molecular flexibility index (Phi) is 3.36. The second-order valence-corrected chi connectivity index (χ2v) is 4.60. The molecule has 18 heavy (non-hydrogen) atoms.